The van der Waals surface area contributed by atoms with Crippen LogP contribution in [0, 0.1) is 11.8 Å². The number of aliphatic hydroxyl groups is 1. The van der Waals surface area contributed by atoms with Gasteiger partial charge in [-0.3, -0.25) is 14.4 Å². The van der Waals surface area contributed by atoms with Crippen molar-refractivity contribution in [3.63, 3.8) is 0 Å². The number of hydrogen-bond donors (Lipinski definition) is 7. The van der Waals surface area contributed by atoms with Gasteiger partial charge in [-0.2, -0.15) is 0 Å². The Morgan fingerprint density at radius 2 is 1.44 bits per heavy atom. The quantitative estimate of drug-likeness (QED) is 0.196. The second-order valence-electron chi connectivity index (χ2n) is 8.98. The van der Waals surface area contributed by atoms with Crippen LogP contribution in [0.15, 0.2) is 24.3 Å². The van der Waals surface area contributed by atoms with E-state index in [4.69, 9.17) is 10.8 Å². The molecule has 0 aliphatic heterocycles. The van der Waals surface area contributed by atoms with E-state index < -0.39 is 54.5 Å². The summed E-state index contributed by atoms with van der Waals surface area (Å²) < 4.78 is 0. The molecule has 0 aliphatic rings. The molecule has 1 rings (SSSR count). The molecule has 0 saturated heterocycles. The number of benzene rings is 1. The van der Waals surface area contributed by atoms with Crippen LogP contribution in [-0.4, -0.2) is 69.8 Å². The number of amides is 3. The fourth-order valence-electron chi connectivity index (χ4n) is 3.18. The number of aliphatic carboxylic acids is 1. The molecule has 190 valence electrons. The number of phenols is 1. The predicted molar refractivity (Wildman–Crippen MR) is 125 cm³/mol. The van der Waals surface area contributed by atoms with Crippen LogP contribution in [0.1, 0.15) is 39.7 Å². The van der Waals surface area contributed by atoms with Crippen molar-refractivity contribution in [1.82, 2.24) is 16.0 Å². The van der Waals surface area contributed by atoms with Crippen LogP contribution in [0.5, 0.6) is 5.75 Å². The Morgan fingerprint density at radius 3 is 1.91 bits per heavy atom. The van der Waals surface area contributed by atoms with Crippen LogP contribution in [0.25, 0.3) is 0 Å². The van der Waals surface area contributed by atoms with E-state index in [0.717, 1.165) is 0 Å². The number of carboxylic acids is 1. The van der Waals surface area contributed by atoms with E-state index in [2.05, 4.69) is 16.0 Å². The molecule has 0 saturated carbocycles. The van der Waals surface area contributed by atoms with Gasteiger partial charge >= 0.3 is 5.97 Å². The summed E-state index contributed by atoms with van der Waals surface area (Å²) in [6.07, 6.45) is 0.242. The maximum atomic E-state index is 12.9. The van der Waals surface area contributed by atoms with Gasteiger partial charge < -0.3 is 37.0 Å². The number of hydrogen-bond acceptors (Lipinski definition) is 7. The summed E-state index contributed by atoms with van der Waals surface area (Å²) in [6, 6.07) is 1.42. The maximum Gasteiger partial charge on any atom is 0.326 e. The Morgan fingerprint density at radius 1 is 0.882 bits per heavy atom. The van der Waals surface area contributed by atoms with Crippen molar-refractivity contribution in [3.05, 3.63) is 29.8 Å². The van der Waals surface area contributed by atoms with Crippen LogP contribution in [0.2, 0.25) is 0 Å². The molecule has 8 N–H and O–H groups in total. The SMILES string of the molecule is CC(C)CC(NC(=O)C(N)CO)C(=O)NC(C(=O)NC(Cc1ccc(O)cc1)C(=O)O)C(C)C. The highest BCUT2D eigenvalue weighted by atomic mass is 16.4. The molecule has 0 aliphatic carbocycles. The molecular formula is C23H36N4O7. The molecule has 11 heteroatoms. The highest BCUT2D eigenvalue weighted by molar-refractivity contribution is 5.94. The van der Waals surface area contributed by atoms with Crippen LogP contribution in [0.4, 0.5) is 0 Å². The Balaban J connectivity index is 2.96. The third-order valence-electron chi connectivity index (χ3n) is 5.11. The topological polar surface area (TPSA) is 191 Å². The summed E-state index contributed by atoms with van der Waals surface area (Å²) in [5.41, 5.74) is 6.11. The van der Waals surface area contributed by atoms with Gasteiger partial charge in [-0.1, -0.05) is 39.8 Å². The number of nitrogens with one attached hydrogen (secondary N) is 3. The molecule has 3 amide bonds. The smallest absolute Gasteiger partial charge is 0.326 e. The number of rotatable bonds is 13. The highest BCUT2D eigenvalue weighted by Crippen LogP contribution is 2.13. The predicted octanol–water partition coefficient (Wildman–Crippen LogP) is -0.505. The van der Waals surface area contributed by atoms with Gasteiger partial charge in [0.15, 0.2) is 0 Å². The number of phenolic OH excluding ortho intramolecular Hbond substituents is 1. The first kappa shape index (κ1) is 28.9. The fraction of sp³-hybridized carbons (Fsp3) is 0.565. The first-order valence-electron chi connectivity index (χ1n) is 11.1. The summed E-state index contributed by atoms with van der Waals surface area (Å²) in [6.45, 7) is 6.50. The lowest BCUT2D eigenvalue weighted by Gasteiger charge is -2.27. The maximum absolute atomic E-state index is 12.9. The van der Waals surface area contributed by atoms with Crippen LogP contribution in [-0.2, 0) is 25.6 Å². The van der Waals surface area contributed by atoms with E-state index in [0.29, 0.717) is 5.56 Å². The Kier molecular flexibility index (Phi) is 11.5. The van der Waals surface area contributed by atoms with Crippen LogP contribution < -0.4 is 21.7 Å². The van der Waals surface area contributed by atoms with Gasteiger partial charge in [0.1, 0.15) is 29.9 Å². The van der Waals surface area contributed by atoms with E-state index in [1.54, 1.807) is 26.0 Å². The van der Waals surface area contributed by atoms with Crippen molar-refractivity contribution < 1.29 is 34.5 Å². The van der Waals surface area contributed by atoms with E-state index in [-0.39, 0.29) is 30.4 Å². The molecule has 0 aromatic heterocycles. The van der Waals surface area contributed by atoms with E-state index in [1.165, 1.54) is 12.1 Å². The molecule has 4 atom stereocenters. The average Bonchev–Trinajstić information content (AvgIpc) is 2.76. The zero-order chi connectivity index (χ0) is 26.0. The summed E-state index contributed by atoms with van der Waals surface area (Å²) in [5.74, 6) is -3.59. The third kappa shape index (κ3) is 9.36. The van der Waals surface area contributed by atoms with Gasteiger partial charge in [0.25, 0.3) is 0 Å². The lowest BCUT2D eigenvalue weighted by molar-refractivity contribution is -0.142. The summed E-state index contributed by atoms with van der Waals surface area (Å²) in [4.78, 5) is 49.7. The van der Waals surface area contributed by atoms with Crippen molar-refractivity contribution in [1.29, 1.82) is 0 Å². The minimum Gasteiger partial charge on any atom is -0.508 e. The minimum atomic E-state index is -1.26. The molecule has 4 unspecified atom stereocenters. The first-order chi connectivity index (χ1) is 15.8. The largest absolute Gasteiger partial charge is 0.508 e. The van der Waals surface area contributed by atoms with Crippen molar-refractivity contribution in [3.8, 4) is 5.75 Å². The van der Waals surface area contributed by atoms with Crippen LogP contribution in [0.3, 0.4) is 0 Å². The molecule has 34 heavy (non-hydrogen) atoms. The normalized spacial score (nSPS) is 14.7. The standard InChI is InChI=1S/C23H36N4O7/c1-12(2)9-17(25-20(30)16(24)11-28)21(31)27-19(13(3)4)22(32)26-18(23(33)34)10-14-5-7-15(29)8-6-14/h5-8,12-13,16-19,28-29H,9-11,24H2,1-4H3,(H,25,30)(H,26,32)(H,27,31)(H,33,34). The van der Waals surface area contributed by atoms with Crippen molar-refractivity contribution in [2.24, 2.45) is 17.6 Å². The average molecular weight is 481 g/mol. The van der Waals surface area contributed by atoms with Gasteiger partial charge in [0.05, 0.1) is 6.61 Å². The number of carbonyl (C=O) groups excluding carboxylic acids is 3. The molecule has 0 spiro atoms. The molecule has 1 aromatic carbocycles. The Bertz CT molecular complexity index is 842. The first-order valence-corrected chi connectivity index (χ1v) is 11.1. The van der Waals surface area contributed by atoms with E-state index in [1.807, 2.05) is 13.8 Å². The van der Waals surface area contributed by atoms with Crippen molar-refractivity contribution in [2.45, 2.75) is 64.7 Å². The molecule has 0 fully saturated rings. The zero-order valence-corrected chi connectivity index (χ0v) is 19.9. The van der Waals surface area contributed by atoms with Crippen molar-refractivity contribution in [2.75, 3.05) is 6.61 Å². The third-order valence-corrected chi connectivity index (χ3v) is 5.11. The zero-order valence-electron chi connectivity index (χ0n) is 19.9. The lowest BCUT2D eigenvalue weighted by Crippen LogP contribution is -2.59. The number of aromatic hydroxyl groups is 1. The second-order valence-corrected chi connectivity index (χ2v) is 8.98. The number of carboxylic acid groups (broad SMARTS) is 1. The number of aliphatic hydroxyl groups excluding tert-OH is 1. The van der Waals surface area contributed by atoms with Gasteiger partial charge in [-0.15, -0.1) is 0 Å². The van der Waals surface area contributed by atoms with Gasteiger partial charge in [-0.25, -0.2) is 4.79 Å². The van der Waals surface area contributed by atoms with Gasteiger partial charge in [-0.05, 0) is 36.0 Å². The van der Waals surface area contributed by atoms with Gasteiger partial charge in [0.2, 0.25) is 17.7 Å². The monoisotopic (exact) mass is 480 g/mol. The lowest BCUT2D eigenvalue weighted by atomic mass is 9.99. The number of carbonyl (C=O) groups is 4. The molecular weight excluding hydrogens is 444 g/mol. The molecule has 0 radical (unpaired) electrons. The molecule has 0 heterocycles. The highest BCUT2D eigenvalue weighted by Gasteiger charge is 2.32. The Labute approximate surface area is 199 Å². The summed E-state index contributed by atoms with van der Waals surface area (Å²) in [5, 5.41) is 35.6. The second kappa shape index (κ2) is 13.5. The number of nitrogens with two attached hydrogens (primary N) is 1. The fourth-order valence-corrected chi connectivity index (χ4v) is 3.18. The van der Waals surface area contributed by atoms with Gasteiger partial charge in [0, 0.05) is 6.42 Å². The Hall–Kier alpha value is -3.18. The van der Waals surface area contributed by atoms with Crippen molar-refractivity contribution >= 4 is 23.7 Å². The van der Waals surface area contributed by atoms with E-state index in [9.17, 15) is 29.4 Å². The minimum absolute atomic E-state index is 0.0226. The molecule has 0 bridgehead atoms. The van der Waals surface area contributed by atoms with Crippen LogP contribution >= 0.6 is 0 Å². The summed E-state index contributed by atoms with van der Waals surface area (Å²) in [7, 11) is 0. The molecule has 1 aromatic rings. The van der Waals surface area contributed by atoms with E-state index >= 15 is 0 Å². The molecule has 11 nitrogen and oxygen atoms in total. The summed E-state index contributed by atoms with van der Waals surface area (Å²) >= 11 is 0.